The zero-order chi connectivity index (χ0) is 17.6. The number of hydrogen-bond acceptors (Lipinski definition) is 4. The molecule has 1 unspecified atom stereocenters. The van der Waals surface area contributed by atoms with Gasteiger partial charge in [-0.25, -0.2) is 4.98 Å². The maximum atomic E-state index is 10.6. The fourth-order valence-electron chi connectivity index (χ4n) is 3.40. The van der Waals surface area contributed by atoms with Crippen molar-refractivity contribution in [3.8, 4) is 5.75 Å². The highest BCUT2D eigenvalue weighted by atomic mass is 16.5. The number of aliphatic hydroxyl groups is 1. The predicted octanol–water partition coefficient (Wildman–Crippen LogP) is 2.93. The van der Waals surface area contributed by atoms with E-state index in [2.05, 4.69) is 28.6 Å². The molecule has 5 heteroatoms. The lowest BCUT2D eigenvalue weighted by atomic mass is 9.90. The number of likely N-dealkylation sites (tertiary alicyclic amines) is 1. The van der Waals surface area contributed by atoms with Gasteiger partial charge in [0.2, 0.25) is 0 Å². The number of imidazole rings is 1. The van der Waals surface area contributed by atoms with Gasteiger partial charge in [0.25, 0.3) is 0 Å². The van der Waals surface area contributed by atoms with Gasteiger partial charge in [0.1, 0.15) is 24.3 Å². The molecule has 1 aromatic heterocycles. The van der Waals surface area contributed by atoms with E-state index >= 15 is 0 Å². The highest BCUT2D eigenvalue weighted by Gasteiger charge is 2.28. The van der Waals surface area contributed by atoms with Gasteiger partial charge < -0.3 is 14.4 Å². The summed E-state index contributed by atoms with van der Waals surface area (Å²) in [4.78, 5) is 6.73. The molecule has 1 aliphatic heterocycles. The third kappa shape index (κ3) is 4.50. The molecule has 134 valence electrons. The van der Waals surface area contributed by atoms with Crippen LogP contribution in [-0.4, -0.2) is 39.3 Å². The number of ether oxygens (including phenoxy) is 1. The molecule has 1 saturated heterocycles. The lowest BCUT2D eigenvalue weighted by Crippen LogP contribution is -2.35. The maximum absolute atomic E-state index is 10.6. The standard InChI is InChI=1S/C20H27N3O2/c1-3-14-25-18-6-4-16(5-7-18)15-23-11-8-17(9-12-23)19(24)20-21-10-13-22(20)2/h3-7,10,13,17,19,24H,1,8-9,11-12,14-15H2,2H3. The Bertz CT molecular complexity index is 673. The molecule has 1 aromatic carbocycles. The van der Waals surface area contributed by atoms with Crippen LogP contribution in [0, 0.1) is 5.92 Å². The van der Waals surface area contributed by atoms with Gasteiger partial charge in [-0.1, -0.05) is 24.8 Å². The molecule has 2 aromatic rings. The smallest absolute Gasteiger partial charge is 0.137 e. The van der Waals surface area contributed by atoms with Crippen LogP contribution < -0.4 is 4.74 Å². The fourth-order valence-corrected chi connectivity index (χ4v) is 3.40. The highest BCUT2D eigenvalue weighted by Crippen LogP contribution is 2.30. The zero-order valence-corrected chi connectivity index (χ0v) is 14.8. The first-order valence-corrected chi connectivity index (χ1v) is 8.87. The van der Waals surface area contributed by atoms with Crippen LogP contribution in [0.25, 0.3) is 0 Å². The highest BCUT2D eigenvalue weighted by molar-refractivity contribution is 5.27. The second-order valence-electron chi connectivity index (χ2n) is 6.70. The second kappa shape index (κ2) is 8.32. The molecule has 5 nitrogen and oxygen atoms in total. The Morgan fingerprint density at radius 2 is 2.04 bits per heavy atom. The maximum Gasteiger partial charge on any atom is 0.137 e. The number of benzene rings is 1. The lowest BCUT2D eigenvalue weighted by Gasteiger charge is -2.34. The third-order valence-corrected chi connectivity index (χ3v) is 4.90. The SMILES string of the molecule is C=CCOc1ccc(CN2CCC(C(O)c3nccn3C)CC2)cc1. The molecule has 0 bridgehead atoms. The molecule has 0 spiro atoms. The van der Waals surface area contributed by atoms with Crippen molar-refractivity contribution in [2.75, 3.05) is 19.7 Å². The van der Waals surface area contributed by atoms with E-state index in [1.165, 1.54) is 5.56 Å². The molecule has 0 aliphatic carbocycles. The molecule has 1 atom stereocenters. The number of aryl methyl sites for hydroxylation is 1. The number of nitrogens with zero attached hydrogens (tertiary/aromatic N) is 3. The fraction of sp³-hybridized carbons (Fsp3) is 0.450. The molecule has 2 heterocycles. The van der Waals surface area contributed by atoms with E-state index in [1.807, 2.05) is 29.9 Å². The Morgan fingerprint density at radius 1 is 1.32 bits per heavy atom. The Balaban J connectivity index is 1.49. The monoisotopic (exact) mass is 341 g/mol. The summed E-state index contributed by atoms with van der Waals surface area (Å²) in [6.45, 7) is 7.13. The Labute approximate surface area is 149 Å². The largest absolute Gasteiger partial charge is 0.490 e. The molecule has 3 rings (SSSR count). The van der Waals surface area contributed by atoms with Crippen molar-refractivity contribution < 1.29 is 9.84 Å². The van der Waals surface area contributed by atoms with Crippen molar-refractivity contribution >= 4 is 0 Å². The van der Waals surface area contributed by atoms with Crippen LogP contribution in [-0.2, 0) is 13.6 Å². The molecule has 0 amide bonds. The van der Waals surface area contributed by atoms with E-state index in [1.54, 1.807) is 12.3 Å². The number of rotatable bonds is 7. The van der Waals surface area contributed by atoms with Gasteiger partial charge in [0, 0.05) is 26.0 Å². The van der Waals surface area contributed by atoms with Gasteiger partial charge >= 0.3 is 0 Å². The van der Waals surface area contributed by atoms with Crippen LogP contribution in [0.1, 0.15) is 30.3 Å². The van der Waals surface area contributed by atoms with Crippen molar-refractivity contribution in [2.24, 2.45) is 13.0 Å². The van der Waals surface area contributed by atoms with Gasteiger partial charge in [-0.15, -0.1) is 0 Å². The van der Waals surface area contributed by atoms with E-state index in [-0.39, 0.29) is 5.92 Å². The average Bonchev–Trinajstić information content (AvgIpc) is 3.07. The Kier molecular flexibility index (Phi) is 5.89. The average molecular weight is 341 g/mol. The summed E-state index contributed by atoms with van der Waals surface area (Å²) in [5, 5.41) is 10.6. The molecular weight excluding hydrogens is 314 g/mol. The topological polar surface area (TPSA) is 50.5 Å². The Hall–Kier alpha value is -2.11. The molecule has 0 saturated carbocycles. The zero-order valence-electron chi connectivity index (χ0n) is 14.8. The molecule has 1 N–H and O–H groups in total. The lowest BCUT2D eigenvalue weighted by molar-refractivity contribution is 0.0492. The Morgan fingerprint density at radius 3 is 2.64 bits per heavy atom. The minimum Gasteiger partial charge on any atom is -0.490 e. The van der Waals surface area contributed by atoms with E-state index in [0.717, 1.165) is 44.0 Å². The van der Waals surface area contributed by atoms with Gasteiger partial charge in [-0.05, 0) is 49.5 Å². The van der Waals surface area contributed by atoms with E-state index in [9.17, 15) is 5.11 Å². The number of hydrogen-bond donors (Lipinski definition) is 1. The van der Waals surface area contributed by atoms with Gasteiger partial charge in [-0.3, -0.25) is 4.90 Å². The summed E-state index contributed by atoms with van der Waals surface area (Å²) < 4.78 is 7.43. The minimum atomic E-state index is -0.469. The summed E-state index contributed by atoms with van der Waals surface area (Å²) in [6, 6.07) is 8.26. The molecule has 1 fully saturated rings. The number of aromatic nitrogens is 2. The second-order valence-corrected chi connectivity index (χ2v) is 6.70. The van der Waals surface area contributed by atoms with Gasteiger partial charge in [-0.2, -0.15) is 0 Å². The summed E-state index contributed by atoms with van der Waals surface area (Å²) in [5.41, 5.74) is 1.29. The number of piperidine rings is 1. The van der Waals surface area contributed by atoms with Crippen LogP contribution in [0.15, 0.2) is 49.3 Å². The molecular formula is C20H27N3O2. The van der Waals surface area contributed by atoms with E-state index in [4.69, 9.17) is 4.74 Å². The van der Waals surface area contributed by atoms with Crippen LogP contribution >= 0.6 is 0 Å². The van der Waals surface area contributed by atoms with Crippen LogP contribution in [0.4, 0.5) is 0 Å². The van der Waals surface area contributed by atoms with Gasteiger partial charge in [0.15, 0.2) is 0 Å². The van der Waals surface area contributed by atoms with Crippen molar-refractivity contribution in [2.45, 2.75) is 25.5 Å². The third-order valence-electron chi connectivity index (χ3n) is 4.90. The van der Waals surface area contributed by atoms with Crippen molar-refractivity contribution in [1.29, 1.82) is 0 Å². The molecule has 25 heavy (non-hydrogen) atoms. The summed E-state index contributed by atoms with van der Waals surface area (Å²) in [5.74, 6) is 1.93. The first-order chi connectivity index (χ1) is 12.2. The normalized spacial score (nSPS) is 17.4. The number of aliphatic hydroxyl groups excluding tert-OH is 1. The molecule has 1 aliphatic rings. The van der Waals surface area contributed by atoms with E-state index < -0.39 is 6.10 Å². The van der Waals surface area contributed by atoms with E-state index in [0.29, 0.717) is 6.61 Å². The van der Waals surface area contributed by atoms with Crippen molar-refractivity contribution in [3.63, 3.8) is 0 Å². The van der Waals surface area contributed by atoms with Crippen LogP contribution in [0.5, 0.6) is 5.75 Å². The van der Waals surface area contributed by atoms with Crippen molar-refractivity contribution in [1.82, 2.24) is 14.5 Å². The summed E-state index contributed by atoms with van der Waals surface area (Å²) in [6.07, 6.45) is 6.90. The van der Waals surface area contributed by atoms with Crippen LogP contribution in [0.3, 0.4) is 0 Å². The summed E-state index contributed by atoms with van der Waals surface area (Å²) in [7, 11) is 1.93. The first kappa shape index (κ1) is 17.7. The predicted molar refractivity (Wildman–Crippen MR) is 98.3 cm³/mol. The summed E-state index contributed by atoms with van der Waals surface area (Å²) >= 11 is 0. The van der Waals surface area contributed by atoms with Crippen LogP contribution in [0.2, 0.25) is 0 Å². The van der Waals surface area contributed by atoms with Gasteiger partial charge in [0.05, 0.1) is 0 Å². The van der Waals surface area contributed by atoms with Crippen molar-refractivity contribution in [3.05, 3.63) is 60.7 Å². The minimum absolute atomic E-state index is 0.284. The first-order valence-electron chi connectivity index (χ1n) is 8.87. The quantitative estimate of drug-likeness (QED) is 0.787. The molecule has 0 radical (unpaired) electrons.